The number of benzene rings is 1. The van der Waals surface area contributed by atoms with E-state index in [1.54, 1.807) is 19.1 Å². The fraction of sp³-hybridized carbons (Fsp3) is 0.565. The molecule has 0 saturated carbocycles. The normalized spacial score (nSPS) is 24.2. The first-order valence-electron chi connectivity index (χ1n) is 11.1. The number of likely N-dealkylation sites (tertiary alicyclic amines) is 1. The second-order valence-electron chi connectivity index (χ2n) is 8.59. The van der Waals surface area contributed by atoms with E-state index in [-0.39, 0.29) is 30.2 Å². The third kappa shape index (κ3) is 4.34. The van der Waals surface area contributed by atoms with Gasteiger partial charge in [-0.05, 0) is 56.4 Å². The molecule has 0 spiro atoms. The van der Waals surface area contributed by atoms with Gasteiger partial charge in [0.1, 0.15) is 24.5 Å². The molecule has 0 aliphatic carbocycles. The summed E-state index contributed by atoms with van der Waals surface area (Å²) in [6, 6.07) is 4.63. The monoisotopic (exact) mass is 443 g/mol. The number of fused-ring (bicyclic) bond motifs is 1. The summed E-state index contributed by atoms with van der Waals surface area (Å²) >= 11 is 0. The molecule has 3 aliphatic rings. The first-order valence-corrected chi connectivity index (χ1v) is 11.1. The summed E-state index contributed by atoms with van der Waals surface area (Å²) < 4.78 is 11.2. The van der Waals surface area contributed by atoms with Crippen molar-refractivity contribution in [2.75, 3.05) is 20.3 Å². The molecule has 3 atom stereocenters. The second-order valence-corrected chi connectivity index (χ2v) is 8.59. The van der Waals surface area contributed by atoms with Crippen LogP contribution in [-0.2, 0) is 25.7 Å². The molecular formula is C23H29N3O6. The number of nitrogens with one attached hydrogen (secondary N) is 1. The minimum absolute atomic E-state index is 0.0243. The van der Waals surface area contributed by atoms with Crippen LogP contribution in [0, 0.1) is 0 Å². The van der Waals surface area contributed by atoms with Gasteiger partial charge in [0.2, 0.25) is 11.8 Å². The van der Waals surface area contributed by atoms with Crippen LogP contribution in [0.25, 0.3) is 0 Å². The lowest BCUT2D eigenvalue weighted by molar-refractivity contribution is -0.145. The molecule has 4 rings (SSSR count). The molecule has 172 valence electrons. The molecule has 2 saturated heterocycles. The lowest BCUT2D eigenvalue weighted by Crippen LogP contribution is -2.52. The number of rotatable bonds is 6. The van der Waals surface area contributed by atoms with Gasteiger partial charge in [0.25, 0.3) is 11.8 Å². The van der Waals surface area contributed by atoms with Crippen LogP contribution in [0.3, 0.4) is 0 Å². The lowest BCUT2D eigenvalue weighted by atomic mass is 10.0. The highest BCUT2D eigenvalue weighted by Gasteiger charge is 2.39. The summed E-state index contributed by atoms with van der Waals surface area (Å²) in [4.78, 5) is 52.4. The maximum Gasteiger partial charge on any atom is 0.255 e. The molecular weight excluding hydrogens is 414 g/mol. The fourth-order valence-corrected chi connectivity index (χ4v) is 4.63. The fourth-order valence-electron chi connectivity index (χ4n) is 4.63. The summed E-state index contributed by atoms with van der Waals surface area (Å²) in [5.74, 6) is -0.342. The van der Waals surface area contributed by atoms with Gasteiger partial charge in [0, 0.05) is 32.2 Å². The van der Waals surface area contributed by atoms with E-state index in [9.17, 15) is 19.2 Å². The average molecular weight is 444 g/mol. The predicted octanol–water partition coefficient (Wildman–Crippen LogP) is 1.24. The number of hydrogen-bond acceptors (Lipinski definition) is 6. The van der Waals surface area contributed by atoms with Crippen LogP contribution in [0.1, 0.15) is 54.9 Å². The number of carbonyl (C=O) groups excluding carboxylic acids is 4. The molecule has 3 heterocycles. The number of ether oxygens (including phenoxy) is 2. The Morgan fingerprint density at radius 2 is 2.03 bits per heavy atom. The first-order chi connectivity index (χ1) is 15.4. The van der Waals surface area contributed by atoms with E-state index in [0.717, 1.165) is 24.8 Å². The van der Waals surface area contributed by atoms with Crippen molar-refractivity contribution in [2.24, 2.45) is 0 Å². The van der Waals surface area contributed by atoms with Crippen molar-refractivity contribution < 1.29 is 28.7 Å². The van der Waals surface area contributed by atoms with Crippen molar-refractivity contribution in [2.45, 2.75) is 63.8 Å². The third-order valence-corrected chi connectivity index (χ3v) is 6.55. The summed E-state index contributed by atoms with van der Waals surface area (Å²) in [5, 5.41) is 2.31. The molecule has 32 heavy (non-hydrogen) atoms. The van der Waals surface area contributed by atoms with Gasteiger partial charge in [0.05, 0.1) is 6.04 Å². The van der Waals surface area contributed by atoms with Gasteiger partial charge in [-0.15, -0.1) is 0 Å². The SMILES string of the molecule is CO[C@@H](C)C(=O)N1CCCC[C@H]1COc1ccc2c(c1)CN(C1CCC(=O)NC1=O)C2=O. The van der Waals surface area contributed by atoms with Gasteiger partial charge in [-0.1, -0.05) is 0 Å². The molecule has 1 unspecified atom stereocenters. The van der Waals surface area contributed by atoms with E-state index >= 15 is 0 Å². The highest BCUT2D eigenvalue weighted by atomic mass is 16.5. The summed E-state index contributed by atoms with van der Waals surface area (Å²) in [6.07, 6.45) is 2.95. The minimum atomic E-state index is -0.637. The quantitative estimate of drug-likeness (QED) is 0.664. The molecule has 9 heteroatoms. The topological polar surface area (TPSA) is 105 Å². The summed E-state index contributed by atoms with van der Waals surface area (Å²) in [5.41, 5.74) is 1.34. The first kappa shape index (κ1) is 22.3. The zero-order chi connectivity index (χ0) is 22.8. The van der Waals surface area contributed by atoms with E-state index in [4.69, 9.17) is 9.47 Å². The van der Waals surface area contributed by atoms with Crippen molar-refractivity contribution in [1.29, 1.82) is 0 Å². The van der Waals surface area contributed by atoms with Crippen molar-refractivity contribution in [3.8, 4) is 5.75 Å². The molecule has 1 N–H and O–H groups in total. The van der Waals surface area contributed by atoms with Crippen LogP contribution in [0.15, 0.2) is 18.2 Å². The Kier molecular flexibility index (Phi) is 6.45. The van der Waals surface area contributed by atoms with Crippen molar-refractivity contribution >= 4 is 23.6 Å². The average Bonchev–Trinajstić information content (AvgIpc) is 3.12. The van der Waals surface area contributed by atoms with Crippen LogP contribution < -0.4 is 10.1 Å². The number of piperidine rings is 2. The lowest BCUT2D eigenvalue weighted by Gasteiger charge is -2.36. The molecule has 3 aliphatic heterocycles. The van der Waals surface area contributed by atoms with Crippen molar-refractivity contribution in [1.82, 2.24) is 15.1 Å². The van der Waals surface area contributed by atoms with Crippen LogP contribution in [-0.4, -0.2) is 71.9 Å². The van der Waals surface area contributed by atoms with E-state index in [1.807, 2.05) is 11.0 Å². The van der Waals surface area contributed by atoms with E-state index < -0.39 is 18.1 Å². The van der Waals surface area contributed by atoms with Gasteiger partial charge in [0.15, 0.2) is 0 Å². The zero-order valence-corrected chi connectivity index (χ0v) is 18.5. The molecule has 0 bridgehead atoms. The molecule has 1 aromatic carbocycles. The Labute approximate surface area is 187 Å². The second kappa shape index (κ2) is 9.28. The van der Waals surface area contributed by atoms with E-state index in [2.05, 4.69) is 5.32 Å². The largest absolute Gasteiger partial charge is 0.491 e. The van der Waals surface area contributed by atoms with Gasteiger partial charge in [-0.25, -0.2) is 0 Å². The van der Waals surface area contributed by atoms with Crippen molar-refractivity contribution in [3.63, 3.8) is 0 Å². The number of methoxy groups -OCH3 is 1. The standard InChI is InChI=1S/C23H29N3O6/c1-14(31-2)22(29)25-10-4-3-5-16(25)13-32-17-6-7-18-15(11-17)12-26(23(18)30)19-8-9-20(27)24-21(19)28/h6-7,11,14,16,19H,3-5,8-10,12-13H2,1-2H3,(H,24,27,28)/t14-,16-,19?/m0/s1. The number of carbonyl (C=O) groups is 4. The number of hydrogen-bond donors (Lipinski definition) is 1. The highest BCUT2D eigenvalue weighted by molar-refractivity contribution is 6.05. The van der Waals surface area contributed by atoms with Crippen LogP contribution in [0.2, 0.25) is 0 Å². The highest BCUT2D eigenvalue weighted by Crippen LogP contribution is 2.30. The van der Waals surface area contributed by atoms with E-state index in [1.165, 1.54) is 12.0 Å². The molecule has 2 fully saturated rings. The smallest absolute Gasteiger partial charge is 0.255 e. The molecule has 9 nitrogen and oxygen atoms in total. The van der Waals surface area contributed by atoms with Gasteiger partial charge in [-0.3, -0.25) is 24.5 Å². The minimum Gasteiger partial charge on any atom is -0.491 e. The van der Waals surface area contributed by atoms with Gasteiger partial charge >= 0.3 is 0 Å². The maximum atomic E-state index is 12.8. The number of nitrogens with zero attached hydrogens (tertiary/aromatic N) is 2. The zero-order valence-electron chi connectivity index (χ0n) is 18.5. The van der Waals surface area contributed by atoms with Crippen LogP contribution in [0.4, 0.5) is 0 Å². The Balaban J connectivity index is 1.41. The number of imide groups is 1. The van der Waals surface area contributed by atoms with Crippen LogP contribution in [0.5, 0.6) is 5.75 Å². The summed E-state index contributed by atoms with van der Waals surface area (Å²) in [7, 11) is 1.53. The number of amides is 4. The molecule has 4 amide bonds. The summed E-state index contributed by atoms with van der Waals surface area (Å²) in [6.45, 7) is 3.11. The van der Waals surface area contributed by atoms with Gasteiger partial charge in [-0.2, -0.15) is 0 Å². The van der Waals surface area contributed by atoms with Crippen molar-refractivity contribution in [3.05, 3.63) is 29.3 Å². The molecule has 0 radical (unpaired) electrons. The Hall–Kier alpha value is -2.94. The molecule has 0 aromatic heterocycles. The third-order valence-electron chi connectivity index (χ3n) is 6.55. The Morgan fingerprint density at radius 1 is 1.22 bits per heavy atom. The van der Waals surface area contributed by atoms with E-state index in [0.29, 0.717) is 37.4 Å². The Bertz CT molecular complexity index is 932. The van der Waals surface area contributed by atoms with Crippen LogP contribution >= 0.6 is 0 Å². The predicted molar refractivity (Wildman–Crippen MR) is 114 cm³/mol. The molecule has 1 aromatic rings. The maximum absolute atomic E-state index is 12.8. The Morgan fingerprint density at radius 3 is 2.78 bits per heavy atom. The van der Waals surface area contributed by atoms with Gasteiger partial charge < -0.3 is 19.3 Å².